The standard InChI is InChI=1S/C18H33N3O4/c1-17(2)14-21(11-12-25-17)18(8-4-3-5-9-18)13-20-16(24)19-10-6-7-15(22)23/h3-14H2,1-2H3,(H,22,23)(H2,19,20,24). The molecule has 1 saturated heterocycles. The molecule has 0 unspecified atom stereocenters. The van der Waals surface area contributed by atoms with Gasteiger partial charge in [0.2, 0.25) is 0 Å². The Labute approximate surface area is 150 Å². The molecule has 3 N–H and O–H groups in total. The van der Waals surface area contributed by atoms with Crippen LogP contribution in [-0.2, 0) is 9.53 Å². The highest BCUT2D eigenvalue weighted by Gasteiger charge is 2.42. The molecule has 0 aromatic heterocycles. The molecule has 0 spiro atoms. The van der Waals surface area contributed by atoms with Gasteiger partial charge >= 0.3 is 12.0 Å². The van der Waals surface area contributed by atoms with Crippen LogP contribution in [0.15, 0.2) is 0 Å². The van der Waals surface area contributed by atoms with Crippen molar-refractivity contribution in [3.63, 3.8) is 0 Å². The van der Waals surface area contributed by atoms with Crippen LogP contribution in [0.5, 0.6) is 0 Å². The molecule has 2 aliphatic rings. The summed E-state index contributed by atoms with van der Waals surface area (Å²) in [4.78, 5) is 25.1. The molecule has 0 atom stereocenters. The maximum atomic E-state index is 12.1. The average Bonchev–Trinajstić information content (AvgIpc) is 2.57. The second kappa shape index (κ2) is 8.85. The van der Waals surface area contributed by atoms with Crippen molar-refractivity contribution >= 4 is 12.0 Å². The summed E-state index contributed by atoms with van der Waals surface area (Å²) < 4.78 is 5.85. The number of amides is 2. The first-order chi connectivity index (χ1) is 11.8. The molecule has 7 heteroatoms. The van der Waals surface area contributed by atoms with E-state index in [0.717, 1.165) is 32.5 Å². The number of carbonyl (C=O) groups excluding carboxylic acids is 1. The van der Waals surface area contributed by atoms with Crippen LogP contribution in [0, 0.1) is 0 Å². The quantitative estimate of drug-likeness (QED) is 0.607. The van der Waals surface area contributed by atoms with Gasteiger partial charge in [0.15, 0.2) is 0 Å². The van der Waals surface area contributed by atoms with E-state index in [2.05, 4.69) is 29.4 Å². The van der Waals surface area contributed by atoms with Gasteiger partial charge in [-0.05, 0) is 33.1 Å². The first-order valence-corrected chi connectivity index (χ1v) is 9.46. The summed E-state index contributed by atoms with van der Waals surface area (Å²) in [5.41, 5.74) is -0.139. The molecular formula is C18H33N3O4. The number of urea groups is 1. The van der Waals surface area contributed by atoms with Crippen LogP contribution >= 0.6 is 0 Å². The summed E-state index contributed by atoms with van der Waals surface area (Å²) in [6.07, 6.45) is 6.37. The molecule has 0 aromatic rings. The van der Waals surface area contributed by atoms with Crippen LogP contribution in [0.3, 0.4) is 0 Å². The Hall–Kier alpha value is -1.34. The maximum absolute atomic E-state index is 12.1. The highest BCUT2D eigenvalue weighted by Crippen LogP contribution is 2.35. The molecule has 2 amide bonds. The van der Waals surface area contributed by atoms with E-state index in [1.54, 1.807) is 0 Å². The summed E-state index contributed by atoms with van der Waals surface area (Å²) in [6.45, 7) is 7.79. The Bertz CT molecular complexity index is 461. The van der Waals surface area contributed by atoms with E-state index < -0.39 is 5.97 Å². The normalized spacial score (nSPS) is 23.0. The fourth-order valence-electron chi connectivity index (χ4n) is 3.98. The number of hydrogen-bond acceptors (Lipinski definition) is 4. The molecule has 2 rings (SSSR count). The Morgan fingerprint density at radius 1 is 1.16 bits per heavy atom. The molecule has 7 nitrogen and oxygen atoms in total. The Balaban J connectivity index is 1.87. The molecule has 1 heterocycles. The third kappa shape index (κ3) is 6.15. The monoisotopic (exact) mass is 355 g/mol. The lowest BCUT2D eigenvalue weighted by molar-refractivity contribution is -0.137. The van der Waals surface area contributed by atoms with Crippen molar-refractivity contribution in [2.45, 2.75) is 69.9 Å². The molecule has 1 saturated carbocycles. The van der Waals surface area contributed by atoms with Gasteiger partial charge in [-0.15, -0.1) is 0 Å². The minimum absolute atomic E-state index is 0.0116. The molecule has 144 valence electrons. The van der Waals surface area contributed by atoms with Crippen molar-refractivity contribution in [3.05, 3.63) is 0 Å². The predicted molar refractivity (Wildman–Crippen MR) is 95.7 cm³/mol. The lowest BCUT2D eigenvalue weighted by atomic mass is 9.79. The highest BCUT2D eigenvalue weighted by molar-refractivity contribution is 5.74. The van der Waals surface area contributed by atoms with E-state index >= 15 is 0 Å². The first-order valence-electron chi connectivity index (χ1n) is 9.46. The number of morpholine rings is 1. The van der Waals surface area contributed by atoms with Crippen molar-refractivity contribution in [3.8, 4) is 0 Å². The summed E-state index contributed by atoms with van der Waals surface area (Å²) in [5, 5.41) is 14.4. The average molecular weight is 355 g/mol. The number of rotatable bonds is 7. The van der Waals surface area contributed by atoms with Gasteiger partial charge in [-0.25, -0.2) is 4.79 Å². The predicted octanol–water partition coefficient (Wildman–Crippen LogP) is 1.96. The van der Waals surface area contributed by atoms with Gasteiger partial charge in [-0.2, -0.15) is 0 Å². The molecule has 0 aromatic carbocycles. The second-order valence-corrected chi connectivity index (χ2v) is 7.92. The number of carboxylic acids is 1. The number of aliphatic carboxylic acids is 1. The summed E-state index contributed by atoms with van der Waals surface area (Å²) in [5.74, 6) is -0.835. The molecule has 1 aliphatic heterocycles. The van der Waals surface area contributed by atoms with Crippen LogP contribution in [0.25, 0.3) is 0 Å². The molecule has 2 fully saturated rings. The van der Waals surface area contributed by atoms with E-state index in [1.807, 2.05) is 0 Å². The van der Waals surface area contributed by atoms with E-state index in [0.29, 0.717) is 19.5 Å². The number of carbonyl (C=O) groups is 2. The van der Waals surface area contributed by atoms with E-state index in [9.17, 15) is 9.59 Å². The lowest BCUT2D eigenvalue weighted by Gasteiger charge is -2.51. The number of nitrogens with zero attached hydrogens (tertiary/aromatic N) is 1. The Morgan fingerprint density at radius 3 is 2.52 bits per heavy atom. The van der Waals surface area contributed by atoms with Gasteiger partial charge in [0.1, 0.15) is 0 Å². The van der Waals surface area contributed by atoms with Crippen molar-refractivity contribution in [2.75, 3.05) is 32.8 Å². The smallest absolute Gasteiger partial charge is 0.314 e. The number of hydrogen-bond donors (Lipinski definition) is 3. The number of nitrogens with one attached hydrogen (secondary N) is 2. The fraction of sp³-hybridized carbons (Fsp3) is 0.889. The van der Waals surface area contributed by atoms with Crippen LogP contribution in [-0.4, -0.2) is 65.9 Å². The Morgan fingerprint density at radius 2 is 1.88 bits per heavy atom. The van der Waals surface area contributed by atoms with Crippen molar-refractivity contribution < 1.29 is 19.4 Å². The summed E-state index contributed by atoms with van der Waals surface area (Å²) >= 11 is 0. The zero-order chi connectivity index (χ0) is 18.3. The summed E-state index contributed by atoms with van der Waals surface area (Å²) in [6, 6.07) is -0.206. The third-order valence-electron chi connectivity index (χ3n) is 5.31. The van der Waals surface area contributed by atoms with Gasteiger partial charge in [0.05, 0.1) is 12.2 Å². The highest BCUT2D eigenvalue weighted by atomic mass is 16.5. The Kier molecular flexibility index (Phi) is 7.07. The van der Waals surface area contributed by atoms with E-state index in [-0.39, 0.29) is 23.6 Å². The second-order valence-electron chi connectivity index (χ2n) is 7.92. The van der Waals surface area contributed by atoms with Crippen molar-refractivity contribution in [1.29, 1.82) is 0 Å². The maximum Gasteiger partial charge on any atom is 0.314 e. The molecular weight excluding hydrogens is 322 g/mol. The third-order valence-corrected chi connectivity index (χ3v) is 5.31. The molecule has 1 aliphatic carbocycles. The topological polar surface area (TPSA) is 90.9 Å². The van der Waals surface area contributed by atoms with E-state index in [4.69, 9.17) is 9.84 Å². The minimum atomic E-state index is -0.835. The van der Waals surface area contributed by atoms with Gasteiger partial charge in [0, 0.05) is 38.1 Å². The van der Waals surface area contributed by atoms with Crippen molar-refractivity contribution in [1.82, 2.24) is 15.5 Å². The van der Waals surface area contributed by atoms with Crippen LogP contribution in [0.4, 0.5) is 4.79 Å². The van der Waals surface area contributed by atoms with Crippen LogP contribution < -0.4 is 10.6 Å². The van der Waals surface area contributed by atoms with Crippen molar-refractivity contribution in [2.24, 2.45) is 0 Å². The largest absolute Gasteiger partial charge is 0.481 e. The zero-order valence-electron chi connectivity index (χ0n) is 15.6. The van der Waals surface area contributed by atoms with Gasteiger partial charge in [-0.1, -0.05) is 19.3 Å². The van der Waals surface area contributed by atoms with Gasteiger partial charge in [0.25, 0.3) is 0 Å². The molecule has 0 radical (unpaired) electrons. The van der Waals surface area contributed by atoms with Gasteiger partial charge in [-0.3, -0.25) is 9.69 Å². The number of carboxylic acid groups (broad SMARTS) is 1. The van der Waals surface area contributed by atoms with Gasteiger partial charge < -0.3 is 20.5 Å². The lowest BCUT2D eigenvalue weighted by Crippen LogP contribution is -2.63. The minimum Gasteiger partial charge on any atom is -0.481 e. The number of ether oxygens (including phenoxy) is 1. The van der Waals surface area contributed by atoms with Crippen LogP contribution in [0.2, 0.25) is 0 Å². The van der Waals surface area contributed by atoms with Crippen LogP contribution in [0.1, 0.15) is 58.8 Å². The SMILES string of the molecule is CC1(C)CN(C2(CNC(=O)NCCCC(=O)O)CCCCC2)CCO1. The first kappa shape index (κ1) is 20.0. The van der Waals surface area contributed by atoms with E-state index in [1.165, 1.54) is 19.3 Å². The molecule has 25 heavy (non-hydrogen) atoms. The summed E-state index contributed by atoms with van der Waals surface area (Å²) in [7, 11) is 0. The zero-order valence-corrected chi connectivity index (χ0v) is 15.6. The molecule has 0 bridgehead atoms. The fourth-order valence-corrected chi connectivity index (χ4v) is 3.98.